The molecular formula is C13H13NO4. The first kappa shape index (κ1) is 12.4. The first-order valence-electron chi connectivity index (χ1n) is 5.73. The number of aliphatic hydroxyl groups is 1. The summed E-state index contributed by atoms with van der Waals surface area (Å²) in [5.74, 6) is -0.911. The lowest BCUT2D eigenvalue weighted by molar-refractivity contribution is -0.121. The van der Waals surface area contributed by atoms with E-state index in [1.807, 2.05) is 0 Å². The molecule has 2 rings (SSSR count). The van der Waals surface area contributed by atoms with E-state index in [2.05, 4.69) is 0 Å². The van der Waals surface area contributed by atoms with Crippen molar-refractivity contribution in [3.63, 3.8) is 0 Å². The zero-order valence-corrected chi connectivity index (χ0v) is 9.76. The molecule has 1 N–H and O–H groups in total. The van der Waals surface area contributed by atoms with Crippen LogP contribution in [0.25, 0.3) is 0 Å². The number of Topliss-reactive ketones (excluding diaryl/α,β-unsaturated/α-hetero) is 1. The van der Waals surface area contributed by atoms with Gasteiger partial charge in [-0.05, 0) is 18.6 Å². The molecule has 0 radical (unpaired) electrons. The topological polar surface area (TPSA) is 74.7 Å². The highest BCUT2D eigenvalue weighted by molar-refractivity contribution is 6.21. The van der Waals surface area contributed by atoms with Crippen LogP contribution in [0.1, 0.15) is 33.6 Å². The lowest BCUT2D eigenvalue weighted by Gasteiger charge is -2.12. The second kappa shape index (κ2) is 5.10. The van der Waals surface area contributed by atoms with E-state index in [0.717, 1.165) is 4.90 Å². The van der Waals surface area contributed by atoms with Gasteiger partial charge in [0.15, 0.2) is 5.78 Å². The molecule has 0 atom stereocenters. The molecule has 2 amide bonds. The van der Waals surface area contributed by atoms with E-state index in [1.165, 1.54) is 0 Å². The molecule has 0 bridgehead atoms. The maximum atomic E-state index is 11.9. The van der Waals surface area contributed by atoms with E-state index < -0.39 is 6.61 Å². The van der Waals surface area contributed by atoms with Crippen molar-refractivity contribution in [3.8, 4) is 0 Å². The highest BCUT2D eigenvalue weighted by atomic mass is 16.3. The van der Waals surface area contributed by atoms with Gasteiger partial charge in [0.05, 0.1) is 11.1 Å². The third-order valence-electron chi connectivity index (χ3n) is 2.89. The van der Waals surface area contributed by atoms with Gasteiger partial charge in [0.25, 0.3) is 11.8 Å². The predicted octanol–water partition coefficient (Wildman–Crippen LogP) is 0.624. The van der Waals surface area contributed by atoms with Crippen LogP contribution in [-0.4, -0.2) is 40.8 Å². The summed E-state index contributed by atoms with van der Waals surface area (Å²) < 4.78 is 0. The van der Waals surface area contributed by atoms with Gasteiger partial charge in [-0.3, -0.25) is 19.3 Å². The van der Waals surface area contributed by atoms with Gasteiger partial charge in [-0.2, -0.15) is 0 Å². The third kappa shape index (κ3) is 2.17. The number of ketones is 1. The van der Waals surface area contributed by atoms with Crippen molar-refractivity contribution < 1.29 is 19.5 Å². The van der Waals surface area contributed by atoms with Crippen LogP contribution in [0, 0.1) is 0 Å². The predicted molar refractivity (Wildman–Crippen MR) is 63.1 cm³/mol. The third-order valence-corrected chi connectivity index (χ3v) is 2.89. The number of hydrogen-bond acceptors (Lipinski definition) is 4. The molecule has 0 saturated heterocycles. The Hall–Kier alpha value is -2.01. The summed E-state index contributed by atoms with van der Waals surface area (Å²) in [7, 11) is 0. The highest BCUT2D eigenvalue weighted by Gasteiger charge is 2.34. The van der Waals surface area contributed by atoms with E-state index in [4.69, 9.17) is 5.11 Å². The number of hydrogen-bond donors (Lipinski definition) is 1. The van der Waals surface area contributed by atoms with Crippen molar-refractivity contribution in [1.82, 2.24) is 4.90 Å². The number of rotatable bonds is 5. The Kier molecular flexibility index (Phi) is 3.53. The maximum Gasteiger partial charge on any atom is 0.261 e. The van der Waals surface area contributed by atoms with Gasteiger partial charge in [-0.1, -0.05) is 12.1 Å². The maximum absolute atomic E-state index is 11.9. The molecule has 0 saturated carbocycles. The molecule has 0 fully saturated rings. The molecule has 0 aromatic heterocycles. The fourth-order valence-corrected chi connectivity index (χ4v) is 1.96. The molecular weight excluding hydrogens is 234 g/mol. The van der Waals surface area contributed by atoms with Crippen molar-refractivity contribution in [2.24, 2.45) is 0 Å². The second-order valence-electron chi connectivity index (χ2n) is 4.11. The van der Waals surface area contributed by atoms with Crippen molar-refractivity contribution in [2.45, 2.75) is 12.8 Å². The van der Waals surface area contributed by atoms with Crippen LogP contribution < -0.4 is 0 Å². The normalized spacial score (nSPS) is 13.9. The molecule has 1 aliphatic rings. The fourth-order valence-electron chi connectivity index (χ4n) is 1.96. The Morgan fingerprint density at radius 3 is 2.17 bits per heavy atom. The van der Waals surface area contributed by atoms with Crippen molar-refractivity contribution in [1.29, 1.82) is 0 Å². The van der Waals surface area contributed by atoms with E-state index in [0.29, 0.717) is 17.5 Å². The molecule has 0 spiro atoms. The Balaban J connectivity index is 2.03. The summed E-state index contributed by atoms with van der Waals surface area (Å²) in [4.78, 5) is 35.9. The lowest BCUT2D eigenvalue weighted by atomic mass is 10.1. The van der Waals surface area contributed by atoms with Crippen LogP contribution in [-0.2, 0) is 4.79 Å². The highest BCUT2D eigenvalue weighted by Crippen LogP contribution is 2.22. The summed E-state index contributed by atoms with van der Waals surface area (Å²) in [6.07, 6.45) is 0.550. The Labute approximate surface area is 104 Å². The zero-order chi connectivity index (χ0) is 13.1. The lowest BCUT2D eigenvalue weighted by Crippen LogP contribution is -2.31. The Morgan fingerprint density at radius 1 is 1.11 bits per heavy atom. The number of aliphatic hydroxyl groups excluding tert-OH is 1. The summed E-state index contributed by atoms with van der Waals surface area (Å²) in [5, 5.41) is 8.58. The van der Waals surface area contributed by atoms with Gasteiger partial charge < -0.3 is 5.11 Å². The zero-order valence-electron chi connectivity index (χ0n) is 9.76. The monoisotopic (exact) mass is 247 g/mol. The van der Waals surface area contributed by atoms with Gasteiger partial charge in [0, 0.05) is 13.0 Å². The summed E-state index contributed by atoms with van der Waals surface area (Å²) in [6.45, 7) is -0.291. The van der Waals surface area contributed by atoms with Crippen molar-refractivity contribution in [3.05, 3.63) is 35.4 Å². The average Bonchev–Trinajstić information content (AvgIpc) is 2.64. The number of benzene rings is 1. The van der Waals surface area contributed by atoms with Crippen LogP contribution in [0.15, 0.2) is 24.3 Å². The van der Waals surface area contributed by atoms with Crippen LogP contribution in [0.4, 0.5) is 0 Å². The molecule has 1 aromatic carbocycles. The number of amides is 2. The van der Waals surface area contributed by atoms with Crippen LogP contribution >= 0.6 is 0 Å². The van der Waals surface area contributed by atoms with E-state index in [-0.39, 0.29) is 30.6 Å². The first-order chi connectivity index (χ1) is 8.65. The van der Waals surface area contributed by atoms with Crippen LogP contribution in [0.5, 0.6) is 0 Å². The van der Waals surface area contributed by atoms with Gasteiger partial charge in [-0.25, -0.2) is 0 Å². The molecule has 1 aliphatic heterocycles. The van der Waals surface area contributed by atoms with Gasteiger partial charge >= 0.3 is 0 Å². The molecule has 5 nitrogen and oxygen atoms in total. The average molecular weight is 247 g/mol. The molecule has 5 heteroatoms. The van der Waals surface area contributed by atoms with Crippen LogP contribution in [0.2, 0.25) is 0 Å². The van der Waals surface area contributed by atoms with Crippen molar-refractivity contribution in [2.75, 3.05) is 13.2 Å². The standard InChI is InChI=1S/C13H13NO4/c15-8-9(16)4-3-7-14-12(17)10-5-1-2-6-11(10)13(14)18/h1-2,5-6,15H,3-4,7-8H2. The Morgan fingerprint density at radius 2 is 1.67 bits per heavy atom. The van der Waals surface area contributed by atoms with E-state index in [9.17, 15) is 14.4 Å². The number of nitrogens with zero attached hydrogens (tertiary/aromatic N) is 1. The number of carbonyl (C=O) groups excluding carboxylic acids is 3. The minimum atomic E-state index is -0.498. The molecule has 94 valence electrons. The molecule has 1 heterocycles. The summed E-state index contributed by atoms with van der Waals surface area (Å²) in [5.41, 5.74) is 0.826. The van der Waals surface area contributed by atoms with Crippen molar-refractivity contribution >= 4 is 17.6 Å². The fraction of sp³-hybridized carbons (Fsp3) is 0.308. The molecule has 18 heavy (non-hydrogen) atoms. The molecule has 0 unspecified atom stereocenters. The number of carbonyl (C=O) groups is 3. The number of fused-ring (bicyclic) bond motifs is 1. The SMILES string of the molecule is O=C(CO)CCCN1C(=O)c2ccccc2C1=O. The number of imide groups is 1. The van der Waals surface area contributed by atoms with Gasteiger partial charge in [0.1, 0.15) is 6.61 Å². The van der Waals surface area contributed by atoms with E-state index in [1.54, 1.807) is 24.3 Å². The minimum absolute atomic E-state index is 0.171. The largest absolute Gasteiger partial charge is 0.389 e. The summed E-state index contributed by atoms with van der Waals surface area (Å²) >= 11 is 0. The van der Waals surface area contributed by atoms with E-state index >= 15 is 0 Å². The minimum Gasteiger partial charge on any atom is -0.389 e. The summed E-state index contributed by atoms with van der Waals surface area (Å²) in [6, 6.07) is 6.66. The molecule has 0 aliphatic carbocycles. The van der Waals surface area contributed by atoms with Gasteiger partial charge in [0.2, 0.25) is 0 Å². The first-order valence-corrected chi connectivity index (χ1v) is 5.73. The van der Waals surface area contributed by atoms with Crippen LogP contribution in [0.3, 0.4) is 0 Å². The smallest absolute Gasteiger partial charge is 0.261 e. The second-order valence-corrected chi connectivity index (χ2v) is 4.11. The Bertz CT molecular complexity index is 474. The molecule has 1 aromatic rings. The quantitative estimate of drug-likeness (QED) is 0.774. The van der Waals surface area contributed by atoms with Gasteiger partial charge in [-0.15, -0.1) is 0 Å².